The van der Waals surface area contributed by atoms with E-state index in [2.05, 4.69) is 110 Å². The van der Waals surface area contributed by atoms with E-state index in [0.717, 1.165) is 16.1 Å². The molecular weight excluding hydrogens is 384 g/mol. The molecule has 0 aliphatic carbocycles. The molecule has 0 amide bonds. The Bertz CT molecular complexity index is 1280. The zero-order valence-corrected chi connectivity index (χ0v) is 17.9. The van der Waals surface area contributed by atoms with Crippen molar-refractivity contribution in [3.63, 3.8) is 0 Å². The number of hydrogen-bond acceptors (Lipinski definition) is 3. The van der Waals surface area contributed by atoms with Crippen LogP contribution in [0.25, 0.3) is 43.0 Å². The zero-order valence-electron chi connectivity index (χ0n) is 17.0. The number of aromatic nitrogens is 1. The number of thiazole rings is 1. The van der Waals surface area contributed by atoms with Crippen LogP contribution in [0, 0.1) is 0 Å². The molecule has 0 N–H and O–H groups in total. The Morgan fingerprint density at radius 1 is 0.633 bits per heavy atom. The van der Waals surface area contributed by atoms with Crippen LogP contribution in [0.1, 0.15) is 0 Å². The highest BCUT2D eigenvalue weighted by Gasteiger charge is 2.11. The summed E-state index contributed by atoms with van der Waals surface area (Å²) in [6.45, 7) is 0. The Balaban J connectivity index is 1.57. The maximum atomic E-state index is 4.84. The predicted octanol–water partition coefficient (Wildman–Crippen LogP) is 7.36. The minimum absolute atomic E-state index is 1.06. The molecular formula is C27H22N2S. The van der Waals surface area contributed by atoms with Crippen molar-refractivity contribution in [2.24, 2.45) is 0 Å². The van der Waals surface area contributed by atoms with Gasteiger partial charge < -0.3 is 4.90 Å². The third-order valence-corrected chi connectivity index (χ3v) is 6.42. The zero-order chi connectivity index (χ0) is 20.5. The van der Waals surface area contributed by atoms with Crippen molar-refractivity contribution >= 4 is 27.2 Å². The third-order valence-electron chi connectivity index (χ3n) is 5.34. The smallest absolute Gasteiger partial charge is 0.124 e. The predicted molar refractivity (Wildman–Crippen MR) is 130 cm³/mol. The van der Waals surface area contributed by atoms with E-state index in [1.54, 1.807) is 11.3 Å². The molecule has 0 fully saturated rings. The average Bonchev–Trinajstić information content (AvgIpc) is 3.24. The molecule has 2 nitrogen and oxygen atoms in total. The maximum absolute atomic E-state index is 4.84. The van der Waals surface area contributed by atoms with Crippen LogP contribution in [-0.4, -0.2) is 19.1 Å². The van der Waals surface area contributed by atoms with Crippen LogP contribution in [0.5, 0.6) is 0 Å². The quantitative estimate of drug-likeness (QED) is 0.310. The van der Waals surface area contributed by atoms with E-state index in [4.69, 9.17) is 4.98 Å². The van der Waals surface area contributed by atoms with Gasteiger partial charge in [-0.25, -0.2) is 4.98 Å². The van der Waals surface area contributed by atoms with Crippen LogP contribution >= 0.6 is 11.3 Å². The number of nitrogens with zero attached hydrogens (tertiary/aromatic N) is 2. The van der Waals surface area contributed by atoms with Gasteiger partial charge in [-0.05, 0) is 52.6 Å². The van der Waals surface area contributed by atoms with Crippen LogP contribution < -0.4 is 4.90 Å². The first-order valence-electron chi connectivity index (χ1n) is 10.0. The Morgan fingerprint density at radius 3 is 2.03 bits per heavy atom. The summed E-state index contributed by atoms with van der Waals surface area (Å²) in [7, 11) is 4.13. The number of fused-ring (bicyclic) bond motifs is 1. The van der Waals surface area contributed by atoms with Crippen molar-refractivity contribution in [3.05, 3.63) is 97.1 Å². The van der Waals surface area contributed by atoms with Gasteiger partial charge in [0.2, 0.25) is 0 Å². The first-order valence-corrected chi connectivity index (χ1v) is 10.8. The van der Waals surface area contributed by atoms with Crippen LogP contribution in [-0.2, 0) is 0 Å². The van der Waals surface area contributed by atoms with Gasteiger partial charge >= 0.3 is 0 Å². The lowest BCUT2D eigenvalue weighted by molar-refractivity contribution is 1.13. The van der Waals surface area contributed by atoms with Gasteiger partial charge in [0.1, 0.15) is 5.01 Å². The fourth-order valence-corrected chi connectivity index (χ4v) is 4.70. The van der Waals surface area contributed by atoms with Gasteiger partial charge in [-0.3, -0.25) is 0 Å². The lowest BCUT2D eigenvalue weighted by Gasteiger charge is -2.14. The van der Waals surface area contributed by atoms with Crippen LogP contribution in [0.4, 0.5) is 5.69 Å². The number of hydrogen-bond donors (Lipinski definition) is 0. The van der Waals surface area contributed by atoms with Crippen molar-refractivity contribution in [1.29, 1.82) is 0 Å². The molecule has 0 aliphatic rings. The summed E-state index contributed by atoms with van der Waals surface area (Å²) in [4.78, 5) is 6.96. The molecule has 146 valence electrons. The summed E-state index contributed by atoms with van der Waals surface area (Å²) >= 11 is 1.74. The first-order chi connectivity index (χ1) is 14.7. The minimum Gasteiger partial charge on any atom is -0.378 e. The summed E-state index contributed by atoms with van der Waals surface area (Å²) in [6.07, 6.45) is 0. The van der Waals surface area contributed by atoms with Crippen molar-refractivity contribution in [3.8, 4) is 32.8 Å². The van der Waals surface area contributed by atoms with E-state index in [1.807, 2.05) is 6.07 Å². The van der Waals surface area contributed by atoms with Gasteiger partial charge in [0.15, 0.2) is 0 Å². The number of benzene rings is 4. The van der Waals surface area contributed by atoms with Crippen molar-refractivity contribution in [2.45, 2.75) is 0 Å². The Morgan fingerprint density at radius 2 is 1.30 bits per heavy atom. The standard InChI is InChI=1S/C27H22N2S/c1-29(2)22-16-14-19(15-17-22)23-10-3-4-11-24(23)20-8-7-9-21(18-20)27-28-25-12-5-6-13-26(25)30-27/h3-18H,1-2H3. The summed E-state index contributed by atoms with van der Waals surface area (Å²) in [5.41, 5.74) is 8.33. The summed E-state index contributed by atoms with van der Waals surface area (Å²) < 4.78 is 1.22. The molecule has 0 saturated heterocycles. The molecule has 5 aromatic rings. The monoisotopic (exact) mass is 406 g/mol. The molecule has 0 aliphatic heterocycles. The lowest BCUT2D eigenvalue weighted by atomic mass is 9.93. The van der Waals surface area contributed by atoms with Crippen molar-refractivity contribution in [2.75, 3.05) is 19.0 Å². The topological polar surface area (TPSA) is 16.1 Å². The molecule has 5 rings (SSSR count). The molecule has 0 bridgehead atoms. The fraction of sp³-hybridized carbons (Fsp3) is 0.0741. The van der Waals surface area contributed by atoms with Gasteiger partial charge in [-0.15, -0.1) is 11.3 Å². The molecule has 4 aromatic carbocycles. The Kier molecular flexibility index (Phi) is 4.82. The van der Waals surface area contributed by atoms with Gasteiger partial charge in [-0.1, -0.05) is 66.7 Å². The van der Waals surface area contributed by atoms with Crippen molar-refractivity contribution in [1.82, 2.24) is 4.98 Å². The van der Waals surface area contributed by atoms with E-state index in [9.17, 15) is 0 Å². The molecule has 1 aromatic heterocycles. The van der Waals surface area contributed by atoms with Gasteiger partial charge in [0.25, 0.3) is 0 Å². The second kappa shape index (κ2) is 7.77. The first kappa shape index (κ1) is 18.6. The SMILES string of the molecule is CN(C)c1ccc(-c2ccccc2-c2cccc(-c3nc4ccccc4s3)c2)cc1. The highest BCUT2D eigenvalue weighted by molar-refractivity contribution is 7.21. The van der Waals surface area contributed by atoms with E-state index in [0.29, 0.717) is 0 Å². The van der Waals surface area contributed by atoms with E-state index in [1.165, 1.54) is 32.6 Å². The number of rotatable bonds is 4. The summed E-state index contributed by atoms with van der Waals surface area (Å²) in [5.74, 6) is 0. The molecule has 0 saturated carbocycles. The van der Waals surface area contributed by atoms with Crippen LogP contribution in [0.15, 0.2) is 97.1 Å². The highest BCUT2D eigenvalue weighted by atomic mass is 32.1. The molecule has 30 heavy (non-hydrogen) atoms. The van der Waals surface area contributed by atoms with Gasteiger partial charge in [0, 0.05) is 25.3 Å². The number of para-hydroxylation sites is 1. The molecule has 0 atom stereocenters. The molecule has 0 spiro atoms. The summed E-state index contributed by atoms with van der Waals surface area (Å²) in [5, 5.41) is 1.06. The van der Waals surface area contributed by atoms with Crippen molar-refractivity contribution < 1.29 is 0 Å². The number of anilines is 1. The average molecular weight is 407 g/mol. The van der Waals surface area contributed by atoms with E-state index < -0.39 is 0 Å². The third kappa shape index (κ3) is 3.49. The molecule has 1 heterocycles. The lowest BCUT2D eigenvalue weighted by Crippen LogP contribution is -2.07. The second-order valence-electron chi connectivity index (χ2n) is 7.55. The van der Waals surface area contributed by atoms with Gasteiger partial charge in [-0.2, -0.15) is 0 Å². The minimum atomic E-state index is 1.06. The van der Waals surface area contributed by atoms with E-state index >= 15 is 0 Å². The Labute approximate surface area is 181 Å². The molecule has 3 heteroatoms. The highest BCUT2D eigenvalue weighted by Crippen LogP contribution is 2.36. The van der Waals surface area contributed by atoms with Gasteiger partial charge in [0.05, 0.1) is 10.2 Å². The molecule has 0 unspecified atom stereocenters. The Hall–Kier alpha value is -3.43. The normalized spacial score (nSPS) is 11.0. The van der Waals surface area contributed by atoms with E-state index in [-0.39, 0.29) is 0 Å². The molecule has 0 radical (unpaired) electrons. The fourth-order valence-electron chi connectivity index (χ4n) is 3.74. The van der Waals surface area contributed by atoms with Crippen LogP contribution in [0.2, 0.25) is 0 Å². The second-order valence-corrected chi connectivity index (χ2v) is 8.59. The van der Waals surface area contributed by atoms with Crippen LogP contribution in [0.3, 0.4) is 0 Å². The largest absolute Gasteiger partial charge is 0.378 e. The summed E-state index contributed by atoms with van der Waals surface area (Å²) in [6, 6.07) is 34.4. The maximum Gasteiger partial charge on any atom is 0.124 e.